The molecule has 18 heavy (non-hydrogen) atoms. The number of para-hydroxylation sites is 1. The molecule has 0 spiro atoms. The third-order valence-electron chi connectivity index (χ3n) is 1.86. The van der Waals surface area contributed by atoms with Crippen molar-refractivity contribution < 1.29 is 17.6 Å². The van der Waals surface area contributed by atoms with Gasteiger partial charge in [0.2, 0.25) is 0 Å². The van der Waals surface area contributed by atoms with Crippen molar-refractivity contribution in [3.05, 3.63) is 29.6 Å². The maximum atomic E-state index is 13.4. The highest BCUT2D eigenvalue weighted by Gasteiger charge is 2.34. The van der Waals surface area contributed by atoms with E-state index in [1.807, 2.05) is 0 Å². The summed E-state index contributed by atoms with van der Waals surface area (Å²) in [5.74, 6) is -1.10. The van der Waals surface area contributed by atoms with Crippen LogP contribution in [0.1, 0.15) is 5.56 Å². The van der Waals surface area contributed by atoms with Crippen molar-refractivity contribution >= 4 is 22.6 Å². The molecule has 0 heterocycles. The molecule has 96 valence electrons. The van der Waals surface area contributed by atoms with Gasteiger partial charge in [0.15, 0.2) is 11.4 Å². The zero-order chi connectivity index (χ0) is 13.8. The molecule has 1 aromatic carbocycles. The number of rotatable bonds is 1. The highest BCUT2D eigenvalue weighted by atomic mass is 32.2. The molecule has 0 aliphatic rings. The summed E-state index contributed by atoms with van der Waals surface area (Å²) in [5, 5.41) is 10.3. The summed E-state index contributed by atoms with van der Waals surface area (Å²) < 4.78 is 51.3. The van der Waals surface area contributed by atoms with Gasteiger partial charge in [0.25, 0.3) is 0 Å². The van der Waals surface area contributed by atoms with E-state index in [0.717, 1.165) is 30.0 Å². The number of nitrogens with one attached hydrogen (secondary N) is 1. The summed E-state index contributed by atoms with van der Waals surface area (Å²) in [5.41, 5.74) is -2.02. The van der Waals surface area contributed by atoms with Gasteiger partial charge in [0, 0.05) is 0 Å². The second-order valence-corrected chi connectivity index (χ2v) is 3.79. The minimum absolute atomic E-state index is 0.117. The molecule has 0 fully saturated rings. The fourth-order valence-corrected chi connectivity index (χ4v) is 1.46. The summed E-state index contributed by atoms with van der Waals surface area (Å²) >= 11 is 0.900. The monoisotopic (exact) mass is 277 g/mol. The van der Waals surface area contributed by atoms with Gasteiger partial charge in [-0.05, 0) is 18.4 Å². The Morgan fingerprint density at radius 1 is 1.44 bits per heavy atom. The molecule has 0 saturated heterocycles. The second-order valence-electron chi connectivity index (χ2n) is 2.99. The number of thioether (sulfide) groups is 1. The van der Waals surface area contributed by atoms with Crippen LogP contribution in [0.5, 0.6) is 0 Å². The number of nitriles is 1. The van der Waals surface area contributed by atoms with E-state index in [-0.39, 0.29) is 5.17 Å². The molecule has 0 atom stereocenters. The lowest BCUT2D eigenvalue weighted by molar-refractivity contribution is -0.137. The van der Waals surface area contributed by atoms with Gasteiger partial charge in [-0.1, -0.05) is 17.8 Å². The van der Waals surface area contributed by atoms with Crippen LogP contribution in [0, 0.1) is 17.3 Å². The molecule has 1 rings (SSSR count). The van der Waals surface area contributed by atoms with Crippen molar-refractivity contribution in [1.82, 2.24) is 5.32 Å². The molecule has 0 aliphatic heterocycles. The quantitative estimate of drug-likeness (QED) is 0.282. The standard InChI is InChI=1S/C10H7F4N3S/c1-18-9(16-5-15)17-8-6(10(12,13)14)3-2-4-7(8)11/h2-4H,1H3,(H,16,17). The molecule has 1 N–H and O–H groups in total. The van der Waals surface area contributed by atoms with Crippen LogP contribution in [0.4, 0.5) is 23.2 Å². The molecule has 8 heteroatoms. The number of hydrogen-bond donors (Lipinski definition) is 1. The third kappa shape index (κ3) is 3.37. The van der Waals surface area contributed by atoms with Gasteiger partial charge in [-0.15, -0.1) is 0 Å². The molecule has 0 unspecified atom stereocenters. The number of nitrogens with zero attached hydrogens (tertiary/aromatic N) is 2. The van der Waals surface area contributed by atoms with E-state index in [1.54, 1.807) is 0 Å². The first kappa shape index (κ1) is 14.3. The molecule has 0 aliphatic carbocycles. The van der Waals surface area contributed by atoms with E-state index < -0.39 is 23.2 Å². The predicted octanol–water partition coefficient (Wildman–Crippen LogP) is 3.27. The third-order valence-corrected chi connectivity index (χ3v) is 2.44. The molecule has 0 amide bonds. The van der Waals surface area contributed by atoms with Crippen molar-refractivity contribution in [3.8, 4) is 6.19 Å². The van der Waals surface area contributed by atoms with Gasteiger partial charge in [-0.25, -0.2) is 9.38 Å². The molecule has 0 radical (unpaired) electrons. The van der Waals surface area contributed by atoms with Crippen LogP contribution < -0.4 is 5.32 Å². The van der Waals surface area contributed by atoms with Gasteiger partial charge >= 0.3 is 6.18 Å². The van der Waals surface area contributed by atoms with Crippen molar-refractivity contribution in [2.24, 2.45) is 4.99 Å². The van der Waals surface area contributed by atoms with E-state index in [1.165, 1.54) is 12.4 Å². The van der Waals surface area contributed by atoms with Gasteiger partial charge in [-0.2, -0.15) is 18.4 Å². The van der Waals surface area contributed by atoms with Crippen LogP contribution in [-0.4, -0.2) is 11.4 Å². The average Bonchev–Trinajstić information content (AvgIpc) is 2.29. The van der Waals surface area contributed by atoms with Gasteiger partial charge < -0.3 is 0 Å². The largest absolute Gasteiger partial charge is 0.418 e. The van der Waals surface area contributed by atoms with E-state index in [9.17, 15) is 17.6 Å². The van der Waals surface area contributed by atoms with E-state index in [2.05, 4.69) is 10.3 Å². The lowest BCUT2D eigenvalue weighted by Gasteiger charge is -2.10. The number of halogens is 4. The first-order valence-electron chi connectivity index (χ1n) is 4.53. The Bertz CT molecular complexity index is 505. The summed E-state index contributed by atoms with van der Waals surface area (Å²) in [6.07, 6.45) is -1.70. The molecule has 0 bridgehead atoms. The van der Waals surface area contributed by atoms with Crippen molar-refractivity contribution in [1.29, 1.82) is 5.26 Å². The van der Waals surface area contributed by atoms with Crippen LogP contribution in [-0.2, 0) is 6.18 Å². The number of hydrogen-bond acceptors (Lipinski definition) is 3. The predicted molar refractivity (Wildman–Crippen MR) is 60.8 cm³/mol. The van der Waals surface area contributed by atoms with Crippen LogP contribution in [0.3, 0.4) is 0 Å². The maximum Gasteiger partial charge on any atom is 0.418 e. The first-order chi connectivity index (χ1) is 8.40. The van der Waals surface area contributed by atoms with Crippen LogP contribution in [0.15, 0.2) is 23.2 Å². The van der Waals surface area contributed by atoms with Crippen molar-refractivity contribution in [3.63, 3.8) is 0 Å². The zero-order valence-electron chi connectivity index (χ0n) is 9.05. The second kappa shape index (κ2) is 5.73. The van der Waals surface area contributed by atoms with E-state index in [4.69, 9.17) is 5.26 Å². The SMILES string of the molecule is CSC(=Nc1c(F)cccc1C(F)(F)F)NC#N. The summed E-state index contributed by atoms with van der Waals surface area (Å²) in [6.45, 7) is 0. The minimum atomic E-state index is -4.71. The van der Waals surface area contributed by atoms with Crippen LogP contribution >= 0.6 is 11.8 Å². The Hall–Kier alpha value is -1.75. The molecule has 1 aromatic rings. The normalized spacial score (nSPS) is 12.1. The van der Waals surface area contributed by atoms with E-state index >= 15 is 0 Å². The Morgan fingerprint density at radius 3 is 2.61 bits per heavy atom. The van der Waals surface area contributed by atoms with Crippen molar-refractivity contribution in [2.75, 3.05) is 6.26 Å². The Balaban J connectivity index is 3.35. The summed E-state index contributed by atoms with van der Waals surface area (Å²) in [7, 11) is 0. The molecular weight excluding hydrogens is 270 g/mol. The number of alkyl halides is 3. The van der Waals surface area contributed by atoms with E-state index in [0.29, 0.717) is 0 Å². The lowest BCUT2D eigenvalue weighted by atomic mass is 10.1. The lowest BCUT2D eigenvalue weighted by Crippen LogP contribution is -2.14. The molecule has 0 aromatic heterocycles. The summed E-state index contributed by atoms with van der Waals surface area (Å²) in [6, 6.07) is 2.55. The molecular formula is C10H7F4N3S. The van der Waals surface area contributed by atoms with Crippen LogP contribution in [0.25, 0.3) is 0 Å². The Labute approximate surface area is 105 Å². The fourth-order valence-electron chi connectivity index (χ4n) is 1.13. The fraction of sp³-hybridized carbons (Fsp3) is 0.200. The number of amidine groups is 1. The highest BCUT2D eigenvalue weighted by Crippen LogP contribution is 2.37. The smallest absolute Gasteiger partial charge is 0.271 e. The zero-order valence-corrected chi connectivity index (χ0v) is 9.86. The number of aliphatic imine (C=N–C) groups is 1. The maximum absolute atomic E-state index is 13.4. The van der Waals surface area contributed by atoms with Crippen molar-refractivity contribution in [2.45, 2.75) is 6.18 Å². The van der Waals surface area contributed by atoms with Gasteiger partial charge in [-0.3, -0.25) is 5.32 Å². The minimum Gasteiger partial charge on any atom is -0.271 e. The molecule has 3 nitrogen and oxygen atoms in total. The summed E-state index contributed by atoms with van der Waals surface area (Å²) in [4.78, 5) is 3.48. The van der Waals surface area contributed by atoms with Crippen LogP contribution in [0.2, 0.25) is 0 Å². The average molecular weight is 277 g/mol. The topological polar surface area (TPSA) is 48.2 Å². The Morgan fingerprint density at radius 2 is 2.11 bits per heavy atom. The molecule has 0 saturated carbocycles. The highest BCUT2D eigenvalue weighted by molar-refractivity contribution is 8.13. The number of benzene rings is 1. The Kier molecular flexibility index (Phi) is 4.55. The van der Waals surface area contributed by atoms with Gasteiger partial charge in [0.1, 0.15) is 11.5 Å². The first-order valence-corrected chi connectivity index (χ1v) is 5.76. The van der Waals surface area contributed by atoms with Gasteiger partial charge in [0.05, 0.1) is 5.56 Å².